The van der Waals surface area contributed by atoms with Crippen LogP contribution in [0.15, 0.2) is 48.9 Å². The number of hydrogen-bond acceptors (Lipinski definition) is 7. The Labute approximate surface area is 213 Å². The maximum absolute atomic E-state index is 13.4. The highest BCUT2D eigenvalue weighted by molar-refractivity contribution is 7.88. The topological polar surface area (TPSA) is 94.5 Å². The van der Waals surface area contributed by atoms with E-state index in [2.05, 4.69) is 15.0 Å². The second-order valence-corrected chi connectivity index (χ2v) is 11.5. The van der Waals surface area contributed by atoms with E-state index in [0.717, 1.165) is 29.7 Å². The van der Waals surface area contributed by atoms with Crippen LogP contribution in [0.1, 0.15) is 55.5 Å². The molecule has 3 heterocycles. The van der Waals surface area contributed by atoms with Crippen molar-refractivity contribution in [3.05, 3.63) is 71.3 Å². The summed E-state index contributed by atoms with van der Waals surface area (Å²) in [5.74, 6) is 1.45. The van der Waals surface area contributed by atoms with Crippen LogP contribution in [-0.2, 0) is 15.8 Å². The molecule has 1 aromatic carbocycles. The maximum atomic E-state index is 13.4. The van der Waals surface area contributed by atoms with Crippen molar-refractivity contribution in [3.8, 4) is 17.5 Å². The minimum absolute atomic E-state index is 0.00281. The van der Waals surface area contributed by atoms with Crippen molar-refractivity contribution < 1.29 is 17.9 Å². The molecule has 8 nitrogen and oxygen atoms in total. The summed E-state index contributed by atoms with van der Waals surface area (Å²) in [4.78, 5) is 12.8. The van der Waals surface area contributed by atoms with Gasteiger partial charge in [0.2, 0.25) is 21.8 Å². The number of benzene rings is 1. The van der Waals surface area contributed by atoms with Crippen LogP contribution in [0, 0.1) is 20.8 Å². The van der Waals surface area contributed by atoms with Gasteiger partial charge in [-0.25, -0.2) is 18.4 Å². The smallest absolute Gasteiger partial charge is 0.229 e. The second-order valence-electron chi connectivity index (χ2n) is 9.61. The Morgan fingerprint density at radius 1 is 1.03 bits per heavy atom. The van der Waals surface area contributed by atoms with E-state index in [1.807, 2.05) is 65.0 Å². The Hall–Kier alpha value is -3.04. The highest BCUT2D eigenvalue weighted by atomic mass is 32.2. The fourth-order valence-electron chi connectivity index (χ4n) is 4.68. The lowest BCUT2D eigenvalue weighted by molar-refractivity contribution is 0.167. The number of pyridine rings is 1. The number of aryl methyl sites for hydroxylation is 2. The first-order valence-electron chi connectivity index (χ1n) is 12.3. The molecular weight excluding hydrogens is 476 g/mol. The maximum Gasteiger partial charge on any atom is 0.229 e. The van der Waals surface area contributed by atoms with Crippen LogP contribution in [0.2, 0.25) is 0 Å². The molecule has 3 atom stereocenters. The first-order chi connectivity index (χ1) is 17.1. The molecular formula is C27H34N4O4S. The van der Waals surface area contributed by atoms with Crippen LogP contribution in [0.25, 0.3) is 0 Å². The molecule has 1 aliphatic heterocycles. The molecule has 0 spiro atoms. The van der Waals surface area contributed by atoms with Crippen molar-refractivity contribution in [2.24, 2.45) is 0 Å². The van der Waals surface area contributed by atoms with E-state index < -0.39 is 10.0 Å². The van der Waals surface area contributed by atoms with Crippen LogP contribution in [-0.4, -0.2) is 45.9 Å². The fourth-order valence-corrected chi connectivity index (χ4v) is 6.75. The average molecular weight is 511 g/mol. The normalized spacial score (nSPS) is 19.2. The fraction of sp³-hybridized carbons (Fsp3) is 0.444. The molecule has 0 saturated carbocycles. The zero-order valence-electron chi connectivity index (χ0n) is 21.5. The van der Waals surface area contributed by atoms with Crippen molar-refractivity contribution in [1.29, 1.82) is 0 Å². The monoisotopic (exact) mass is 510 g/mol. The summed E-state index contributed by atoms with van der Waals surface area (Å²) in [5, 5.41) is 0. The first kappa shape index (κ1) is 26.0. The Morgan fingerprint density at radius 2 is 1.75 bits per heavy atom. The lowest BCUT2D eigenvalue weighted by Crippen LogP contribution is -2.42. The summed E-state index contributed by atoms with van der Waals surface area (Å²) < 4.78 is 40.6. The van der Waals surface area contributed by atoms with Crippen molar-refractivity contribution in [2.75, 3.05) is 0 Å². The molecule has 9 heteroatoms. The van der Waals surface area contributed by atoms with Gasteiger partial charge >= 0.3 is 0 Å². The summed E-state index contributed by atoms with van der Waals surface area (Å²) in [6.45, 7) is 9.64. The highest BCUT2D eigenvalue weighted by Crippen LogP contribution is 2.33. The Kier molecular flexibility index (Phi) is 7.90. The van der Waals surface area contributed by atoms with Crippen molar-refractivity contribution in [1.82, 2.24) is 19.3 Å². The molecule has 0 radical (unpaired) electrons. The SMILES string of the molecule is Cc1ccc(CS(=O)(=O)N2C(C)CCC2C[C@@H](C)Oc2ncnc(Oc3cccnc3C)c2C)cc1. The zero-order valence-corrected chi connectivity index (χ0v) is 22.3. The van der Waals surface area contributed by atoms with E-state index in [0.29, 0.717) is 29.5 Å². The quantitative estimate of drug-likeness (QED) is 0.394. The standard InChI is InChI=1S/C27H34N4O4S/c1-18-8-11-23(12-9-18)16-36(32,33)31-19(2)10-13-24(31)15-20(3)34-26-21(4)27(30-17-29-26)35-25-7-6-14-28-22(25)5/h6-9,11-12,14,17,19-20,24H,10,13,15-16H2,1-5H3/t19?,20-,24?/m1/s1. The third-order valence-corrected chi connectivity index (χ3v) is 8.57. The highest BCUT2D eigenvalue weighted by Gasteiger charge is 2.40. The lowest BCUT2D eigenvalue weighted by atomic mass is 10.1. The van der Waals surface area contributed by atoms with Crippen molar-refractivity contribution >= 4 is 10.0 Å². The van der Waals surface area contributed by atoms with Crippen LogP contribution in [0.5, 0.6) is 17.5 Å². The van der Waals surface area contributed by atoms with E-state index in [9.17, 15) is 8.42 Å². The van der Waals surface area contributed by atoms with E-state index >= 15 is 0 Å². The summed E-state index contributed by atoms with van der Waals surface area (Å²) in [7, 11) is -3.47. The van der Waals surface area contributed by atoms with Crippen LogP contribution < -0.4 is 9.47 Å². The molecule has 1 saturated heterocycles. The van der Waals surface area contributed by atoms with Crippen molar-refractivity contribution in [3.63, 3.8) is 0 Å². The number of sulfonamides is 1. The van der Waals surface area contributed by atoms with Gasteiger partial charge in [0.1, 0.15) is 6.33 Å². The van der Waals surface area contributed by atoms with Crippen LogP contribution in [0.4, 0.5) is 0 Å². The van der Waals surface area contributed by atoms with E-state index in [1.54, 1.807) is 16.6 Å². The molecule has 36 heavy (non-hydrogen) atoms. The minimum Gasteiger partial charge on any atom is -0.474 e. The Morgan fingerprint density at radius 3 is 2.47 bits per heavy atom. The average Bonchev–Trinajstić information content (AvgIpc) is 3.20. The summed E-state index contributed by atoms with van der Waals surface area (Å²) in [5.41, 5.74) is 3.35. The molecule has 0 aliphatic carbocycles. The largest absolute Gasteiger partial charge is 0.474 e. The zero-order chi connectivity index (χ0) is 25.9. The van der Waals surface area contributed by atoms with Gasteiger partial charge in [0.05, 0.1) is 23.1 Å². The first-order valence-corrected chi connectivity index (χ1v) is 13.9. The van der Waals surface area contributed by atoms with Gasteiger partial charge in [-0.1, -0.05) is 29.8 Å². The van der Waals surface area contributed by atoms with Crippen LogP contribution in [0.3, 0.4) is 0 Å². The molecule has 0 bridgehead atoms. The number of hydrogen-bond donors (Lipinski definition) is 0. The van der Waals surface area contributed by atoms with Gasteiger partial charge in [-0.2, -0.15) is 4.31 Å². The Bertz CT molecular complexity index is 1300. The van der Waals surface area contributed by atoms with Crippen molar-refractivity contribution in [2.45, 2.75) is 77.8 Å². The molecule has 1 fully saturated rings. The molecule has 4 rings (SSSR count). The third-order valence-electron chi connectivity index (χ3n) is 6.58. The molecule has 2 aromatic heterocycles. The van der Waals surface area contributed by atoms with E-state index in [4.69, 9.17) is 9.47 Å². The predicted octanol–water partition coefficient (Wildman–Crippen LogP) is 5.13. The van der Waals surface area contributed by atoms with Gasteiger partial charge in [-0.15, -0.1) is 0 Å². The van der Waals surface area contributed by atoms with E-state index in [-0.39, 0.29) is 23.9 Å². The van der Waals surface area contributed by atoms with Gasteiger partial charge in [0, 0.05) is 24.7 Å². The molecule has 192 valence electrons. The summed E-state index contributed by atoms with van der Waals surface area (Å²) in [6.07, 6.45) is 5.07. The summed E-state index contributed by atoms with van der Waals surface area (Å²) >= 11 is 0. The second kappa shape index (κ2) is 10.9. The van der Waals surface area contributed by atoms with Crippen LogP contribution >= 0.6 is 0 Å². The number of aromatic nitrogens is 3. The predicted molar refractivity (Wildman–Crippen MR) is 139 cm³/mol. The minimum atomic E-state index is -3.47. The molecule has 3 aromatic rings. The van der Waals surface area contributed by atoms with Gasteiger partial charge in [-0.05, 0) is 65.2 Å². The molecule has 0 amide bonds. The van der Waals surface area contributed by atoms with Gasteiger partial charge in [0.15, 0.2) is 5.75 Å². The molecule has 0 N–H and O–H groups in total. The number of nitrogens with zero attached hydrogens (tertiary/aromatic N) is 4. The number of ether oxygens (including phenoxy) is 2. The third kappa shape index (κ3) is 6.02. The van der Waals surface area contributed by atoms with Gasteiger partial charge < -0.3 is 9.47 Å². The number of rotatable bonds is 9. The Balaban J connectivity index is 1.45. The summed E-state index contributed by atoms with van der Waals surface area (Å²) in [6, 6.07) is 11.1. The lowest BCUT2D eigenvalue weighted by Gasteiger charge is -2.29. The molecule has 1 aliphatic rings. The van der Waals surface area contributed by atoms with E-state index in [1.165, 1.54) is 6.33 Å². The van der Waals surface area contributed by atoms with Gasteiger partial charge in [-0.3, -0.25) is 4.98 Å². The molecule has 2 unspecified atom stereocenters. The van der Waals surface area contributed by atoms with Gasteiger partial charge in [0.25, 0.3) is 0 Å².